The van der Waals surface area contributed by atoms with Crippen molar-refractivity contribution in [2.24, 2.45) is 5.41 Å². The van der Waals surface area contributed by atoms with Crippen LogP contribution in [0.1, 0.15) is 60.9 Å². The van der Waals surface area contributed by atoms with Gasteiger partial charge in [0.05, 0.1) is 31.6 Å². The molecule has 2 fully saturated rings. The molecule has 1 saturated heterocycles. The Hall–Kier alpha value is -2.46. The molecule has 1 aromatic carbocycles. The molecule has 0 bridgehead atoms. The van der Waals surface area contributed by atoms with E-state index >= 15 is 0 Å². The van der Waals surface area contributed by atoms with Crippen LogP contribution in [0.25, 0.3) is 0 Å². The topological polar surface area (TPSA) is 107 Å². The van der Waals surface area contributed by atoms with E-state index < -0.39 is 23.3 Å². The van der Waals surface area contributed by atoms with Crippen molar-refractivity contribution in [3.8, 4) is 0 Å². The lowest BCUT2D eigenvalue weighted by Gasteiger charge is -2.46. The highest BCUT2D eigenvalue weighted by atomic mass is 79.9. The summed E-state index contributed by atoms with van der Waals surface area (Å²) >= 11 is 15.7. The lowest BCUT2D eigenvalue weighted by Crippen LogP contribution is -2.53. The largest absolute Gasteiger partial charge is 0.461 e. The molecule has 1 aliphatic heterocycles. The van der Waals surface area contributed by atoms with Crippen LogP contribution in [0, 0.1) is 5.41 Å². The van der Waals surface area contributed by atoms with Gasteiger partial charge < -0.3 is 20.1 Å². The molecule has 11 heteroatoms. The number of carbonyl (C=O) groups excluding carboxylic acids is 3. The lowest BCUT2D eigenvalue weighted by molar-refractivity contribution is -0.149. The van der Waals surface area contributed by atoms with Crippen LogP contribution in [-0.2, 0) is 25.5 Å². The summed E-state index contributed by atoms with van der Waals surface area (Å²) in [6, 6.07) is 6.45. The molecule has 8 nitrogen and oxygen atoms in total. The number of ether oxygens (including phenoxy) is 2. The Labute approximate surface area is 251 Å². The third-order valence-corrected chi connectivity index (χ3v) is 9.14. The van der Waals surface area contributed by atoms with Crippen LogP contribution in [0.3, 0.4) is 0 Å². The maximum Gasteiger partial charge on any atom is 0.328 e. The number of aromatic nitrogens is 1. The van der Waals surface area contributed by atoms with E-state index in [4.69, 9.17) is 32.7 Å². The molecule has 1 saturated carbocycles. The molecule has 40 heavy (non-hydrogen) atoms. The number of esters is 1. The van der Waals surface area contributed by atoms with Gasteiger partial charge in [-0.05, 0) is 59.3 Å². The number of hydrogen-bond acceptors (Lipinski definition) is 7. The molecule has 1 spiro atoms. The Morgan fingerprint density at radius 1 is 1.10 bits per heavy atom. The maximum absolute atomic E-state index is 13.3. The number of carbonyl (C=O) groups is 3. The fourth-order valence-electron chi connectivity index (χ4n) is 5.62. The zero-order valence-electron chi connectivity index (χ0n) is 21.8. The Balaban J connectivity index is 1.30. The summed E-state index contributed by atoms with van der Waals surface area (Å²) in [6.45, 7) is 0.878. The summed E-state index contributed by atoms with van der Waals surface area (Å²) in [5.74, 6) is -0.741. The standard InChI is InChI=1S/C29H30BrCl2N3O5/c30-24-25(29(26(24)36)10-2-1-3-11-29)35-22(28(38)40-16-19-5-4-12-39-19)13-17-6-8-18(9-7-17)34-27(37)23-20(31)14-33-15-21(23)32/h6-9,14-15,19,22,35H,1-5,10-13,16H2,(H,34,37)/t19?,22-/m0/s1. The first-order valence-electron chi connectivity index (χ1n) is 13.5. The average molecular weight is 651 g/mol. The minimum atomic E-state index is -0.703. The summed E-state index contributed by atoms with van der Waals surface area (Å²) in [6.07, 6.45) is 9.40. The van der Waals surface area contributed by atoms with Crippen molar-refractivity contribution in [3.05, 3.63) is 68.0 Å². The van der Waals surface area contributed by atoms with Gasteiger partial charge in [0.1, 0.15) is 12.6 Å². The molecule has 2 heterocycles. The number of rotatable bonds is 9. The molecule has 2 atom stereocenters. The zero-order valence-corrected chi connectivity index (χ0v) is 24.9. The number of amides is 1. The fraction of sp³-hybridized carbons (Fsp3) is 0.448. The van der Waals surface area contributed by atoms with Gasteiger partial charge in [-0.1, -0.05) is 54.6 Å². The van der Waals surface area contributed by atoms with Crippen LogP contribution < -0.4 is 10.6 Å². The molecular formula is C29H30BrCl2N3O5. The van der Waals surface area contributed by atoms with E-state index in [1.807, 2.05) is 12.1 Å². The quantitative estimate of drug-likeness (QED) is 0.321. The highest BCUT2D eigenvalue weighted by Gasteiger charge is 2.53. The third kappa shape index (κ3) is 6.08. The van der Waals surface area contributed by atoms with E-state index in [1.165, 1.54) is 12.4 Å². The lowest BCUT2D eigenvalue weighted by atomic mass is 9.62. The zero-order chi connectivity index (χ0) is 28.3. The minimum absolute atomic E-state index is 0.0872. The molecule has 1 unspecified atom stereocenters. The second-order valence-corrected chi connectivity index (χ2v) is 12.1. The number of pyridine rings is 1. The normalized spacial score (nSPS) is 20.7. The van der Waals surface area contributed by atoms with Crippen molar-refractivity contribution in [3.63, 3.8) is 0 Å². The summed E-state index contributed by atoms with van der Waals surface area (Å²) in [5.41, 5.74) is 1.79. The molecule has 1 aromatic heterocycles. The van der Waals surface area contributed by atoms with Gasteiger partial charge in [0.25, 0.3) is 5.91 Å². The molecule has 3 aliphatic rings. The molecule has 2 aliphatic carbocycles. The summed E-state index contributed by atoms with van der Waals surface area (Å²) < 4.78 is 11.8. The first-order valence-corrected chi connectivity index (χ1v) is 15.0. The van der Waals surface area contributed by atoms with Crippen molar-refractivity contribution < 1.29 is 23.9 Å². The number of nitrogens with one attached hydrogen (secondary N) is 2. The number of nitrogens with zero attached hydrogens (tertiary/aromatic N) is 1. The van der Waals surface area contributed by atoms with Gasteiger partial charge in [-0.3, -0.25) is 14.6 Å². The van der Waals surface area contributed by atoms with Gasteiger partial charge in [-0.2, -0.15) is 0 Å². The summed E-state index contributed by atoms with van der Waals surface area (Å²) in [5, 5.41) is 6.49. The van der Waals surface area contributed by atoms with Crippen LogP contribution in [0.5, 0.6) is 0 Å². The number of halogens is 3. The van der Waals surface area contributed by atoms with E-state index in [1.54, 1.807) is 12.1 Å². The second kappa shape index (κ2) is 12.6. The van der Waals surface area contributed by atoms with Crippen LogP contribution in [0.15, 0.2) is 46.8 Å². The van der Waals surface area contributed by atoms with Crippen molar-refractivity contribution >= 4 is 62.5 Å². The molecule has 2 aromatic rings. The van der Waals surface area contributed by atoms with Gasteiger partial charge in [0, 0.05) is 36.8 Å². The number of benzene rings is 1. The van der Waals surface area contributed by atoms with Gasteiger partial charge in [0.2, 0.25) is 0 Å². The van der Waals surface area contributed by atoms with Gasteiger partial charge in [-0.15, -0.1) is 0 Å². The summed E-state index contributed by atoms with van der Waals surface area (Å²) in [4.78, 5) is 42.8. The Morgan fingerprint density at radius 3 is 2.45 bits per heavy atom. The molecule has 2 N–H and O–H groups in total. The molecule has 1 amide bonds. The average Bonchev–Trinajstić information content (AvgIpc) is 3.48. The number of anilines is 1. The highest BCUT2D eigenvalue weighted by Crippen LogP contribution is 2.53. The van der Waals surface area contributed by atoms with E-state index in [0.29, 0.717) is 23.2 Å². The molecule has 212 valence electrons. The van der Waals surface area contributed by atoms with Gasteiger partial charge in [-0.25, -0.2) is 4.79 Å². The number of Topliss-reactive ketones (excluding diaryl/α,β-unsaturated/α-hetero) is 1. The minimum Gasteiger partial charge on any atom is -0.461 e. The number of hydrogen-bond donors (Lipinski definition) is 2. The van der Waals surface area contributed by atoms with Crippen LogP contribution >= 0.6 is 39.1 Å². The van der Waals surface area contributed by atoms with E-state index in [-0.39, 0.29) is 34.1 Å². The van der Waals surface area contributed by atoms with Crippen LogP contribution in [0.2, 0.25) is 10.0 Å². The summed E-state index contributed by atoms with van der Waals surface area (Å²) in [7, 11) is 0. The first kappa shape index (κ1) is 29.0. The number of ketones is 1. The predicted molar refractivity (Wildman–Crippen MR) is 156 cm³/mol. The third-order valence-electron chi connectivity index (χ3n) is 7.81. The van der Waals surface area contributed by atoms with Crippen LogP contribution in [0.4, 0.5) is 5.69 Å². The van der Waals surface area contributed by atoms with E-state index in [9.17, 15) is 14.4 Å². The van der Waals surface area contributed by atoms with E-state index in [0.717, 1.165) is 56.2 Å². The van der Waals surface area contributed by atoms with Crippen molar-refractivity contribution in [2.75, 3.05) is 18.5 Å². The van der Waals surface area contributed by atoms with Gasteiger partial charge in [0.15, 0.2) is 5.78 Å². The molecule has 0 radical (unpaired) electrons. The van der Waals surface area contributed by atoms with Crippen LogP contribution in [-0.4, -0.2) is 48.0 Å². The van der Waals surface area contributed by atoms with Crippen molar-refractivity contribution in [1.29, 1.82) is 0 Å². The van der Waals surface area contributed by atoms with E-state index in [2.05, 4.69) is 31.5 Å². The fourth-order valence-corrected chi connectivity index (χ4v) is 7.03. The first-order chi connectivity index (χ1) is 19.3. The highest BCUT2D eigenvalue weighted by molar-refractivity contribution is 9.12. The Morgan fingerprint density at radius 2 is 1.80 bits per heavy atom. The maximum atomic E-state index is 13.3. The van der Waals surface area contributed by atoms with Crippen molar-refractivity contribution in [2.45, 2.75) is 63.5 Å². The second-order valence-electron chi connectivity index (χ2n) is 10.5. The molecular weight excluding hydrogens is 621 g/mol. The van der Waals surface area contributed by atoms with Crippen molar-refractivity contribution in [1.82, 2.24) is 10.3 Å². The SMILES string of the molecule is O=C(Nc1ccc(C[C@H](NC2=C(Br)C(=O)C23CCCCC3)C(=O)OCC2CCCO2)cc1)c1c(Cl)cncc1Cl. The Kier molecular flexibility index (Phi) is 9.14. The Bertz CT molecular complexity index is 1300. The smallest absolute Gasteiger partial charge is 0.328 e. The molecule has 5 rings (SSSR count). The van der Waals surface area contributed by atoms with Gasteiger partial charge >= 0.3 is 5.97 Å². The number of allylic oxidation sites excluding steroid dienone is 2. The predicted octanol–water partition coefficient (Wildman–Crippen LogP) is 6.00. The monoisotopic (exact) mass is 649 g/mol.